The van der Waals surface area contributed by atoms with Gasteiger partial charge in [0.1, 0.15) is 17.3 Å². The molecule has 0 saturated carbocycles. The third-order valence-electron chi connectivity index (χ3n) is 3.64. The van der Waals surface area contributed by atoms with Crippen LogP contribution in [0, 0.1) is 5.41 Å². The third kappa shape index (κ3) is 2.55. The van der Waals surface area contributed by atoms with Crippen molar-refractivity contribution in [1.29, 1.82) is 5.41 Å². The first-order valence-electron chi connectivity index (χ1n) is 7.31. The molecule has 3 heterocycles. The lowest BCUT2D eigenvalue weighted by Gasteiger charge is -2.10. The number of hydrogen-bond donors (Lipinski definition) is 2. The number of hydrazone groups is 1. The predicted octanol–water partition coefficient (Wildman–Crippen LogP) is 3.29. The van der Waals surface area contributed by atoms with Gasteiger partial charge in [0.05, 0.1) is 22.0 Å². The van der Waals surface area contributed by atoms with Crippen LogP contribution in [0.4, 0.5) is 0 Å². The molecule has 4 rings (SSSR count). The van der Waals surface area contributed by atoms with E-state index < -0.39 is 0 Å². The number of benzene rings is 1. The van der Waals surface area contributed by atoms with Gasteiger partial charge in [-0.1, -0.05) is 12.1 Å². The summed E-state index contributed by atoms with van der Waals surface area (Å²) < 4.78 is 1.03. The highest BCUT2D eigenvalue weighted by molar-refractivity contribution is 7.19. The topological polar surface area (TPSA) is 85.5 Å². The van der Waals surface area contributed by atoms with Crippen molar-refractivity contribution in [2.75, 3.05) is 6.54 Å². The van der Waals surface area contributed by atoms with Gasteiger partial charge in [-0.25, -0.2) is 9.99 Å². The summed E-state index contributed by atoms with van der Waals surface area (Å²) in [4.78, 5) is 8.47. The molecule has 1 aliphatic rings. The average Bonchev–Trinajstić information content (AvgIpc) is 3.14. The predicted molar refractivity (Wildman–Crippen MR) is 95.4 cm³/mol. The minimum absolute atomic E-state index is 0.117. The highest BCUT2D eigenvalue weighted by atomic mass is 32.1. The van der Waals surface area contributed by atoms with Crippen LogP contribution < -0.4 is 0 Å². The Balaban J connectivity index is 1.62. The molecule has 3 aromatic rings. The van der Waals surface area contributed by atoms with Gasteiger partial charge in [-0.05, 0) is 29.8 Å². The zero-order valence-electron chi connectivity index (χ0n) is 12.5. The van der Waals surface area contributed by atoms with E-state index in [1.807, 2.05) is 36.4 Å². The van der Waals surface area contributed by atoms with Gasteiger partial charge in [-0.15, -0.1) is 11.3 Å². The SMILES string of the molecule is N=C1C(c2nc3ccccc3s2)=C(O)CN1/N=C\c1ccncc1. The van der Waals surface area contributed by atoms with Crippen LogP contribution in [-0.4, -0.2) is 38.7 Å². The van der Waals surface area contributed by atoms with Crippen molar-refractivity contribution in [2.45, 2.75) is 0 Å². The van der Waals surface area contributed by atoms with E-state index in [2.05, 4.69) is 15.1 Å². The minimum Gasteiger partial charge on any atom is -0.509 e. The number of fused-ring (bicyclic) bond motifs is 1. The lowest BCUT2D eigenvalue weighted by molar-refractivity contribution is 0.358. The highest BCUT2D eigenvalue weighted by Gasteiger charge is 2.30. The number of rotatable bonds is 3. The van der Waals surface area contributed by atoms with Gasteiger partial charge in [0.15, 0.2) is 5.84 Å². The van der Waals surface area contributed by atoms with E-state index in [1.54, 1.807) is 18.6 Å². The van der Waals surface area contributed by atoms with Crippen LogP contribution in [0.15, 0.2) is 59.7 Å². The normalized spacial score (nSPS) is 15.2. The number of thiazole rings is 1. The Kier molecular flexibility index (Phi) is 3.55. The van der Waals surface area contributed by atoms with Gasteiger partial charge in [0.25, 0.3) is 0 Å². The van der Waals surface area contributed by atoms with E-state index in [-0.39, 0.29) is 18.1 Å². The lowest BCUT2D eigenvalue weighted by Crippen LogP contribution is -2.20. The number of para-hydroxylation sites is 1. The summed E-state index contributed by atoms with van der Waals surface area (Å²) in [5.41, 5.74) is 2.19. The van der Waals surface area contributed by atoms with Crippen LogP contribution in [-0.2, 0) is 0 Å². The van der Waals surface area contributed by atoms with E-state index in [1.165, 1.54) is 16.3 Å². The van der Waals surface area contributed by atoms with Gasteiger partial charge < -0.3 is 5.11 Å². The second-order valence-electron chi connectivity index (χ2n) is 5.24. The second-order valence-corrected chi connectivity index (χ2v) is 6.27. The van der Waals surface area contributed by atoms with Crippen LogP contribution in [0.25, 0.3) is 15.8 Å². The summed E-state index contributed by atoms with van der Waals surface area (Å²) in [6, 6.07) is 11.4. The van der Waals surface area contributed by atoms with E-state index in [0.717, 1.165) is 15.8 Å². The highest BCUT2D eigenvalue weighted by Crippen LogP contribution is 2.33. The maximum Gasteiger partial charge on any atom is 0.155 e. The monoisotopic (exact) mass is 335 g/mol. The molecule has 0 aliphatic carbocycles. The molecule has 24 heavy (non-hydrogen) atoms. The van der Waals surface area contributed by atoms with Gasteiger partial charge in [-0.3, -0.25) is 10.4 Å². The fourth-order valence-corrected chi connectivity index (χ4v) is 3.49. The Hall–Kier alpha value is -3.06. The summed E-state index contributed by atoms with van der Waals surface area (Å²) in [5, 5.41) is 25.0. The molecule has 7 heteroatoms. The third-order valence-corrected chi connectivity index (χ3v) is 4.70. The van der Waals surface area contributed by atoms with Gasteiger partial charge in [0, 0.05) is 12.4 Å². The van der Waals surface area contributed by atoms with Crippen molar-refractivity contribution in [1.82, 2.24) is 15.0 Å². The number of nitrogens with one attached hydrogen (secondary N) is 1. The Morgan fingerprint density at radius 3 is 2.79 bits per heavy atom. The molecule has 6 nitrogen and oxygen atoms in total. The fourth-order valence-electron chi connectivity index (χ4n) is 2.45. The lowest BCUT2D eigenvalue weighted by atomic mass is 10.2. The van der Waals surface area contributed by atoms with Crippen LogP contribution in [0.1, 0.15) is 10.6 Å². The quantitative estimate of drug-likeness (QED) is 0.719. The Morgan fingerprint density at radius 1 is 1.21 bits per heavy atom. The molecular formula is C17H13N5OS. The Labute approximate surface area is 141 Å². The first-order valence-corrected chi connectivity index (χ1v) is 8.12. The van der Waals surface area contributed by atoms with Crippen molar-refractivity contribution < 1.29 is 5.11 Å². The maximum absolute atomic E-state index is 10.3. The number of hydrogen-bond acceptors (Lipinski definition) is 6. The number of aliphatic hydroxyl groups is 1. The zero-order valence-corrected chi connectivity index (χ0v) is 13.4. The van der Waals surface area contributed by atoms with Crippen LogP contribution in [0.3, 0.4) is 0 Å². The molecule has 0 bridgehead atoms. The first kappa shape index (κ1) is 14.5. The first-order chi connectivity index (χ1) is 11.7. The molecule has 118 valence electrons. The van der Waals surface area contributed by atoms with Crippen LogP contribution >= 0.6 is 11.3 Å². The zero-order chi connectivity index (χ0) is 16.5. The Morgan fingerprint density at radius 2 is 2.00 bits per heavy atom. The number of aliphatic hydroxyl groups excluding tert-OH is 1. The standard InChI is InChI=1S/C17H13N5OS/c18-16-15(17-21-12-3-1-2-4-14(12)24-17)13(23)10-22(16)20-9-11-5-7-19-8-6-11/h1-9,18,23H,10H2/b18-16?,20-9-. The second kappa shape index (κ2) is 5.86. The van der Waals surface area contributed by atoms with E-state index in [9.17, 15) is 5.11 Å². The molecule has 0 radical (unpaired) electrons. The van der Waals surface area contributed by atoms with Crippen molar-refractivity contribution in [3.63, 3.8) is 0 Å². The molecule has 0 fully saturated rings. The van der Waals surface area contributed by atoms with Gasteiger partial charge >= 0.3 is 0 Å². The summed E-state index contributed by atoms with van der Waals surface area (Å²) >= 11 is 1.46. The minimum atomic E-state index is 0.117. The van der Waals surface area contributed by atoms with E-state index >= 15 is 0 Å². The number of nitrogens with zero attached hydrogens (tertiary/aromatic N) is 4. The van der Waals surface area contributed by atoms with Crippen molar-refractivity contribution >= 4 is 39.2 Å². The summed E-state index contributed by atoms with van der Waals surface area (Å²) in [5.74, 6) is 0.266. The molecule has 0 unspecified atom stereocenters. The molecule has 1 aromatic carbocycles. The van der Waals surface area contributed by atoms with E-state index in [0.29, 0.717) is 10.6 Å². The molecule has 2 aromatic heterocycles. The molecule has 0 saturated heterocycles. The van der Waals surface area contributed by atoms with Crippen molar-refractivity contribution in [2.24, 2.45) is 5.10 Å². The molecule has 2 N–H and O–H groups in total. The van der Waals surface area contributed by atoms with E-state index in [4.69, 9.17) is 5.41 Å². The van der Waals surface area contributed by atoms with Gasteiger partial charge in [-0.2, -0.15) is 5.10 Å². The molecular weight excluding hydrogens is 322 g/mol. The average molecular weight is 335 g/mol. The van der Waals surface area contributed by atoms with Crippen LogP contribution in [0.2, 0.25) is 0 Å². The maximum atomic E-state index is 10.3. The molecule has 0 spiro atoms. The Bertz CT molecular complexity index is 944. The smallest absolute Gasteiger partial charge is 0.155 e. The summed E-state index contributed by atoms with van der Waals surface area (Å²) in [6.07, 6.45) is 5.00. The largest absolute Gasteiger partial charge is 0.509 e. The molecule has 0 amide bonds. The number of amidine groups is 1. The molecule has 0 atom stereocenters. The van der Waals surface area contributed by atoms with Crippen LogP contribution in [0.5, 0.6) is 0 Å². The molecule has 1 aliphatic heterocycles. The number of aromatic nitrogens is 2. The fraction of sp³-hybridized carbons (Fsp3) is 0.0588. The van der Waals surface area contributed by atoms with Crippen molar-refractivity contribution in [3.8, 4) is 0 Å². The van der Waals surface area contributed by atoms with Gasteiger partial charge in [0.2, 0.25) is 0 Å². The number of pyridine rings is 1. The summed E-state index contributed by atoms with van der Waals surface area (Å²) in [6.45, 7) is 0.172. The summed E-state index contributed by atoms with van der Waals surface area (Å²) in [7, 11) is 0. The van der Waals surface area contributed by atoms with Crippen molar-refractivity contribution in [3.05, 3.63) is 65.1 Å².